The third kappa shape index (κ3) is 4.15. The number of aromatic nitrogens is 2. The minimum absolute atomic E-state index is 0.233. The Bertz CT molecular complexity index is 560. The second-order valence-corrected chi connectivity index (χ2v) is 5.81. The summed E-state index contributed by atoms with van der Waals surface area (Å²) in [7, 11) is 0. The van der Waals surface area contributed by atoms with Gasteiger partial charge in [0.2, 0.25) is 0 Å². The van der Waals surface area contributed by atoms with Gasteiger partial charge in [-0.1, -0.05) is 22.9 Å². The average Bonchev–Trinajstić information content (AvgIpc) is 2.68. The van der Waals surface area contributed by atoms with Crippen LogP contribution < -0.4 is 5.32 Å². The van der Waals surface area contributed by atoms with Crippen LogP contribution in [0.3, 0.4) is 0 Å². The molecular weight excluding hydrogens is 321 g/mol. The van der Waals surface area contributed by atoms with E-state index < -0.39 is 0 Å². The summed E-state index contributed by atoms with van der Waals surface area (Å²) in [6, 6.07) is 4.91. The fraction of sp³-hybridized carbons (Fsp3) is 0.400. The quantitative estimate of drug-likeness (QED) is 0.814. The highest BCUT2D eigenvalue weighted by Gasteiger charge is 2.06. The third-order valence-corrected chi connectivity index (χ3v) is 3.52. The first kappa shape index (κ1) is 15.2. The van der Waals surface area contributed by atoms with Crippen molar-refractivity contribution in [2.75, 3.05) is 6.54 Å². The average molecular weight is 340 g/mol. The van der Waals surface area contributed by atoms with Gasteiger partial charge in [0.15, 0.2) is 0 Å². The molecule has 0 aliphatic heterocycles. The summed E-state index contributed by atoms with van der Waals surface area (Å²) in [5, 5.41) is 7.85. The van der Waals surface area contributed by atoms with Crippen molar-refractivity contribution < 1.29 is 4.39 Å². The monoisotopic (exact) mass is 339 g/mol. The number of halogens is 2. The second kappa shape index (κ2) is 6.99. The molecule has 1 aromatic heterocycles. The van der Waals surface area contributed by atoms with Crippen LogP contribution in [0.25, 0.3) is 0 Å². The molecule has 0 bridgehead atoms. The SMILES string of the molecule is CCCNCc1cn(Cc2cc(F)cc(Br)c2)nc1C. The molecule has 0 aliphatic carbocycles. The minimum atomic E-state index is -0.233. The Morgan fingerprint density at radius 1 is 1.35 bits per heavy atom. The third-order valence-electron chi connectivity index (χ3n) is 3.06. The lowest BCUT2D eigenvalue weighted by molar-refractivity contribution is 0.617. The van der Waals surface area contributed by atoms with Crippen molar-refractivity contribution in [3.05, 3.63) is 51.5 Å². The van der Waals surface area contributed by atoms with E-state index in [0.717, 1.165) is 35.2 Å². The summed E-state index contributed by atoms with van der Waals surface area (Å²) in [5.74, 6) is -0.233. The Morgan fingerprint density at radius 2 is 2.15 bits per heavy atom. The van der Waals surface area contributed by atoms with Crippen molar-refractivity contribution in [3.8, 4) is 0 Å². The van der Waals surface area contributed by atoms with Gasteiger partial charge in [-0.05, 0) is 43.7 Å². The highest BCUT2D eigenvalue weighted by molar-refractivity contribution is 9.10. The zero-order valence-corrected chi connectivity index (χ0v) is 13.4. The molecule has 0 aliphatic rings. The van der Waals surface area contributed by atoms with E-state index in [0.29, 0.717) is 6.54 Å². The molecule has 0 fully saturated rings. The molecule has 0 unspecified atom stereocenters. The van der Waals surface area contributed by atoms with Gasteiger partial charge in [-0.3, -0.25) is 4.68 Å². The predicted octanol–water partition coefficient (Wildman–Crippen LogP) is 3.64. The Morgan fingerprint density at radius 3 is 2.85 bits per heavy atom. The van der Waals surface area contributed by atoms with Gasteiger partial charge in [0.1, 0.15) is 5.82 Å². The van der Waals surface area contributed by atoms with Gasteiger partial charge < -0.3 is 5.32 Å². The fourth-order valence-corrected chi connectivity index (χ4v) is 2.62. The van der Waals surface area contributed by atoms with Crippen LogP contribution in [0.15, 0.2) is 28.9 Å². The van der Waals surface area contributed by atoms with E-state index in [2.05, 4.69) is 33.3 Å². The minimum Gasteiger partial charge on any atom is -0.313 e. The number of nitrogens with zero attached hydrogens (tertiary/aromatic N) is 2. The molecule has 0 radical (unpaired) electrons. The zero-order valence-electron chi connectivity index (χ0n) is 11.8. The summed E-state index contributed by atoms with van der Waals surface area (Å²) in [6.07, 6.45) is 3.14. The summed E-state index contributed by atoms with van der Waals surface area (Å²) in [4.78, 5) is 0. The number of benzene rings is 1. The Hall–Kier alpha value is -1.20. The molecular formula is C15H19BrFN3. The molecule has 3 nitrogen and oxygen atoms in total. The fourth-order valence-electron chi connectivity index (χ4n) is 2.10. The highest BCUT2D eigenvalue weighted by Crippen LogP contribution is 2.16. The molecule has 20 heavy (non-hydrogen) atoms. The number of aryl methyl sites for hydroxylation is 1. The van der Waals surface area contributed by atoms with Crippen molar-refractivity contribution >= 4 is 15.9 Å². The van der Waals surface area contributed by atoms with Crippen LogP contribution in [0.2, 0.25) is 0 Å². The smallest absolute Gasteiger partial charge is 0.124 e. The first-order valence-electron chi connectivity index (χ1n) is 6.77. The van der Waals surface area contributed by atoms with Gasteiger partial charge in [-0.2, -0.15) is 5.10 Å². The summed E-state index contributed by atoms with van der Waals surface area (Å²) >= 11 is 3.31. The van der Waals surface area contributed by atoms with Crippen molar-refractivity contribution in [2.45, 2.75) is 33.4 Å². The molecule has 2 rings (SSSR count). The topological polar surface area (TPSA) is 29.9 Å². The Kier molecular flexibility index (Phi) is 5.31. The van der Waals surface area contributed by atoms with Crippen LogP contribution >= 0.6 is 15.9 Å². The largest absolute Gasteiger partial charge is 0.313 e. The standard InChI is InChI=1S/C15H19BrFN3/c1-3-4-18-8-13-10-20(19-11(13)2)9-12-5-14(16)7-15(17)6-12/h5-7,10,18H,3-4,8-9H2,1-2H3. The van der Waals surface area contributed by atoms with E-state index in [1.54, 1.807) is 0 Å². The lowest BCUT2D eigenvalue weighted by Gasteiger charge is -2.03. The molecule has 0 saturated carbocycles. The van der Waals surface area contributed by atoms with Crippen molar-refractivity contribution in [3.63, 3.8) is 0 Å². The van der Waals surface area contributed by atoms with Gasteiger partial charge in [0.25, 0.3) is 0 Å². The van der Waals surface area contributed by atoms with Crippen LogP contribution in [-0.4, -0.2) is 16.3 Å². The van der Waals surface area contributed by atoms with Crippen LogP contribution in [0, 0.1) is 12.7 Å². The van der Waals surface area contributed by atoms with Crippen molar-refractivity contribution in [2.24, 2.45) is 0 Å². The molecule has 0 saturated heterocycles. The normalized spacial score (nSPS) is 11.0. The van der Waals surface area contributed by atoms with Gasteiger partial charge in [-0.25, -0.2) is 4.39 Å². The summed E-state index contributed by atoms with van der Waals surface area (Å²) in [5.41, 5.74) is 3.10. The molecule has 1 heterocycles. The van der Waals surface area contributed by atoms with Crippen LogP contribution in [-0.2, 0) is 13.1 Å². The van der Waals surface area contributed by atoms with E-state index in [4.69, 9.17) is 0 Å². The molecule has 1 N–H and O–H groups in total. The van der Waals surface area contributed by atoms with E-state index in [1.807, 2.05) is 23.9 Å². The maximum Gasteiger partial charge on any atom is 0.124 e. The summed E-state index contributed by atoms with van der Waals surface area (Å²) < 4.78 is 16.0. The lowest BCUT2D eigenvalue weighted by Crippen LogP contribution is -2.13. The lowest BCUT2D eigenvalue weighted by atomic mass is 10.2. The van der Waals surface area contributed by atoms with Crippen LogP contribution in [0.4, 0.5) is 4.39 Å². The van der Waals surface area contributed by atoms with E-state index in [1.165, 1.54) is 17.7 Å². The number of rotatable bonds is 6. The van der Waals surface area contributed by atoms with Crippen LogP contribution in [0.5, 0.6) is 0 Å². The first-order valence-corrected chi connectivity index (χ1v) is 7.56. The van der Waals surface area contributed by atoms with E-state index in [9.17, 15) is 4.39 Å². The second-order valence-electron chi connectivity index (χ2n) is 4.89. The number of hydrogen-bond acceptors (Lipinski definition) is 2. The molecule has 5 heteroatoms. The van der Waals surface area contributed by atoms with Crippen LogP contribution in [0.1, 0.15) is 30.2 Å². The molecule has 1 aromatic carbocycles. The molecule has 108 valence electrons. The van der Waals surface area contributed by atoms with Gasteiger partial charge >= 0.3 is 0 Å². The number of nitrogens with one attached hydrogen (secondary N) is 1. The molecule has 0 atom stereocenters. The van der Waals surface area contributed by atoms with Crippen molar-refractivity contribution in [1.29, 1.82) is 0 Å². The zero-order chi connectivity index (χ0) is 14.5. The van der Waals surface area contributed by atoms with E-state index in [-0.39, 0.29) is 5.82 Å². The Balaban J connectivity index is 2.07. The van der Waals surface area contributed by atoms with Gasteiger partial charge in [-0.15, -0.1) is 0 Å². The van der Waals surface area contributed by atoms with E-state index >= 15 is 0 Å². The maximum atomic E-state index is 13.4. The predicted molar refractivity (Wildman–Crippen MR) is 82.2 cm³/mol. The first-order chi connectivity index (χ1) is 9.58. The molecule has 2 aromatic rings. The van der Waals surface area contributed by atoms with Crippen molar-refractivity contribution in [1.82, 2.24) is 15.1 Å². The van der Waals surface area contributed by atoms with Gasteiger partial charge in [0.05, 0.1) is 12.2 Å². The maximum absolute atomic E-state index is 13.4. The molecule has 0 amide bonds. The van der Waals surface area contributed by atoms with Gasteiger partial charge in [0, 0.05) is 22.8 Å². The highest BCUT2D eigenvalue weighted by atomic mass is 79.9. The number of hydrogen-bond donors (Lipinski definition) is 1. The summed E-state index contributed by atoms with van der Waals surface area (Å²) in [6.45, 7) is 6.55. The molecule has 0 spiro atoms. The Labute approximate surface area is 127 Å².